The molecule has 17 heavy (non-hydrogen) atoms. The number of pyridine rings is 1. The molecule has 0 saturated heterocycles. The van der Waals surface area contributed by atoms with Gasteiger partial charge in [0.25, 0.3) is 0 Å². The van der Waals surface area contributed by atoms with Gasteiger partial charge in [-0.2, -0.15) is 0 Å². The van der Waals surface area contributed by atoms with Crippen LogP contribution in [-0.4, -0.2) is 36.5 Å². The lowest BCUT2D eigenvalue weighted by Crippen LogP contribution is -2.17. The third-order valence-corrected chi connectivity index (χ3v) is 3.17. The Kier molecular flexibility index (Phi) is 7.96. The summed E-state index contributed by atoms with van der Waals surface area (Å²) in [6, 6.07) is 1.98. The number of nitrogens with zero attached hydrogens (tertiary/aromatic N) is 1. The van der Waals surface area contributed by atoms with Gasteiger partial charge in [-0.15, -0.1) is 0 Å². The number of rotatable bonds is 8. The maximum Gasteiger partial charge on any atom is 0.0697 e. The highest BCUT2D eigenvalue weighted by Gasteiger charge is 2.01. The molecular formula is C11H16Br2N2O2. The Hall–Kier alpha value is -0.0100. The van der Waals surface area contributed by atoms with Gasteiger partial charge in [0.2, 0.25) is 0 Å². The third kappa shape index (κ3) is 6.47. The van der Waals surface area contributed by atoms with Crippen molar-refractivity contribution in [2.45, 2.75) is 13.0 Å². The highest BCUT2D eigenvalue weighted by Crippen LogP contribution is 2.19. The molecule has 0 saturated carbocycles. The van der Waals surface area contributed by atoms with Crippen LogP contribution in [0.3, 0.4) is 0 Å². The van der Waals surface area contributed by atoms with Gasteiger partial charge in [0.05, 0.1) is 18.9 Å². The van der Waals surface area contributed by atoms with Crippen molar-refractivity contribution in [1.29, 1.82) is 0 Å². The van der Waals surface area contributed by atoms with E-state index in [0.29, 0.717) is 13.2 Å². The SMILES string of the molecule is OCCOCCCNCc1ncc(Br)cc1Br. The fraction of sp³-hybridized carbons (Fsp3) is 0.545. The lowest BCUT2D eigenvalue weighted by atomic mass is 10.3. The van der Waals surface area contributed by atoms with Crippen LogP contribution in [0.4, 0.5) is 0 Å². The second-order valence-electron chi connectivity index (χ2n) is 3.45. The Balaban J connectivity index is 2.14. The van der Waals surface area contributed by atoms with Crippen LogP contribution >= 0.6 is 31.9 Å². The molecule has 0 aromatic carbocycles. The molecule has 0 aliphatic heterocycles. The second-order valence-corrected chi connectivity index (χ2v) is 5.22. The smallest absolute Gasteiger partial charge is 0.0697 e. The molecule has 4 nitrogen and oxygen atoms in total. The first-order chi connectivity index (χ1) is 8.24. The van der Waals surface area contributed by atoms with Crippen molar-refractivity contribution < 1.29 is 9.84 Å². The highest BCUT2D eigenvalue weighted by molar-refractivity contribution is 9.11. The maximum absolute atomic E-state index is 8.51. The lowest BCUT2D eigenvalue weighted by Gasteiger charge is -2.06. The molecule has 96 valence electrons. The van der Waals surface area contributed by atoms with Crippen LogP contribution in [0.1, 0.15) is 12.1 Å². The Morgan fingerprint density at radius 3 is 2.88 bits per heavy atom. The molecule has 6 heteroatoms. The van der Waals surface area contributed by atoms with E-state index in [2.05, 4.69) is 42.2 Å². The summed E-state index contributed by atoms with van der Waals surface area (Å²) < 4.78 is 7.11. The van der Waals surface area contributed by atoms with Gasteiger partial charge >= 0.3 is 0 Å². The van der Waals surface area contributed by atoms with Gasteiger partial charge in [-0.05, 0) is 50.9 Å². The minimum Gasteiger partial charge on any atom is -0.394 e. The van der Waals surface area contributed by atoms with Gasteiger partial charge in [0.15, 0.2) is 0 Å². The van der Waals surface area contributed by atoms with Gasteiger partial charge in [-0.3, -0.25) is 4.98 Å². The summed E-state index contributed by atoms with van der Waals surface area (Å²) in [5, 5.41) is 11.8. The first kappa shape index (κ1) is 15.0. The van der Waals surface area contributed by atoms with Crippen LogP contribution in [0, 0.1) is 0 Å². The summed E-state index contributed by atoms with van der Waals surface area (Å²) in [4.78, 5) is 4.30. The molecule has 0 aliphatic carbocycles. The summed E-state index contributed by atoms with van der Waals surface area (Å²) >= 11 is 6.83. The molecule has 0 unspecified atom stereocenters. The Labute approximate surface area is 118 Å². The van der Waals surface area contributed by atoms with Crippen LogP contribution in [0.15, 0.2) is 21.2 Å². The molecule has 2 N–H and O–H groups in total. The molecule has 0 aliphatic rings. The zero-order valence-corrected chi connectivity index (χ0v) is 12.6. The topological polar surface area (TPSA) is 54.4 Å². The predicted octanol–water partition coefficient (Wildman–Crippen LogP) is 2.10. The van der Waals surface area contributed by atoms with Crippen molar-refractivity contribution in [3.63, 3.8) is 0 Å². The average molecular weight is 368 g/mol. The van der Waals surface area contributed by atoms with Crippen LogP contribution in [0.5, 0.6) is 0 Å². The molecule has 0 spiro atoms. The van der Waals surface area contributed by atoms with E-state index < -0.39 is 0 Å². The van der Waals surface area contributed by atoms with Crippen LogP contribution in [0.25, 0.3) is 0 Å². The van der Waals surface area contributed by atoms with Gasteiger partial charge in [-0.25, -0.2) is 0 Å². The van der Waals surface area contributed by atoms with Crippen molar-refractivity contribution in [3.05, 3.63) is 26.9 Å². The molecule has 1 aromatic heterocycles. The number of aliphatic hydroxyl groups excluding tert-OH is 1. The molecule has 0 fully saturated rings. The summed E-state index contributed by atoms with van der Waals surface area (Å²) in [6.45, 7) is 2.77. The van der Waals surface area contributed by atoms with Crippen molar-refractivity contribution in [2.75, 3.05) is 26.4 Å². The molecule has 0 radical (unpaired) electrons. The minimum absolute atomic E-state index is 0.0865. The van der Waals surface area contributed by atoms with Crippen molar-refractivity contribution >= 4 is 31.9 Å². The normalized spacial score (nSPS) is 10.8. The van der Waals surface area contributed by atoms with E-state index in [-0.39, 0.29) is 6.61 Å². The first-order valence-corrected chi connectivity index (χ1v) is 7.02. The van der Waals surface area contributed by atoms with Crippen molar-refractivity contribution in [3.8, 4) is 0 Å². The van der Waals surface area contributed by atoms with E-state index in [0.717, 1.165) is 34.1 Å². The van der Waals surface area contributed by atoms with Crippen molar-refractivity contribution in [1.82, 2.24) is 10.3 Å². The predicted molar refractivity (Wildman–Crippen MR) is 73.9 cm³/mol. The largest absolute Gasteiger partial charge is 0.394 e. The van der Waals surface area contributed by atoms with Crippen LogP contribution < -0.4 is 5.32 Å². The molecule has 0 amide bonds. The number of aromatic nitrogens is 1. The van der Waals surface area contributed by atoms with E-state index in [9.17, 15) is 0 Å². The number of halogens is 2. The number of aliphatic hydroxyl groups is 1. The van der Waals surface area contributed by atoms with E-state index in [1.165, 1.54) is 0 Å². The number of ether oxygens (including phenoxy) is 1. The van der Waals surface area contributed by atoms with Crippen molar-refractivity contribution in [2.24, 2.45) is 0 Å². The van der Waals surface area contributed by atoms with E-state index in [1.807, 2.05) is 6.07 Å². The summed E-state index contributed by atoms with van der Waals surface area (Å²) in [7, 11) is 0. The maximum atomic E-state index is 8.51. The van der Waals surface area contributed by atoms with E-state index in [1.54, 1.807) is 6.20 Å². The van der Waals surface area contributed by atoms with Crippen LogP contribution in [0.2, 0.25) is 0 Å². The average Bonchev–Trinajstić information content (AvgIpc) is 2.30. The van der Waals surface area contributed by atoms with Gasteiger partial charge in [0.1, 0.15) is 0 Å². The zero-order valence-electron chi connectivity index (χ0n) is 9.46. The van der Waals surface area contributed by atoms with Gasteiger partial charge in [0, 0.05) is 28.3 Å². The summed E-state index contributed by atoms with van der Waals surface area (Å²) in [6.07, 6.45) is 2.71. The van der Waals surface area contributed by atoms with Crippen LogP contribution in [-0.2, 0) is 11.3 Å². The highest BCUT2D eigenvalue weighted by atomic mass is 79.9. The monoisotopic (exact) mass is 366 g/mol. The Morgan fingerprint density at radius 2 is 2.18 bits per heavy atom. The van der Waals surface area contributed by atoms with E-state index >= 15 is 0 Å². The number of hydrogen-bond acceptors (Lipinski definition) is 4. The second kappa shape index (κ2) is 8.99. The van der Waals surface area contributed by atoms with Gasteiger partial charge in [-0.1, -0.05) is 0 Å². The third-order valence-electron chi connectivity index (χ3n) is 2.05. The molecule has 1 rings (SSSR count). The Morgan fingerprint density at radius 1 is 1.35 bits per heavy atom. The number of nitrogens with one attached hydrogen (secondary N) is 1. The molecule has 1 heterocycles. The summed E-state index contributed by atoms with van der Waals surface area (Å²) in [5.41, 5.74) is 0.990. The Bertz CT molecular complexity index is 337. The molecule has 0 bridgehead atoms. The fourth-order valence-electron chi connectivity index (χ4n) is 1.25. The molecule has 1 aromatic rings. The standard InChI is InChI=1S/C11H16Br2N2O2/c12-9-6-10(13)11(15-7-9)8-14-2-1-4-17-5-3-16/h6-7,14,16H,1-5,8H2. The minimum atomic E-state index is 0.0865. The van der Waals surface area contributed by atoms with Gasteiger partial charge < -0.3 is 15.2 Å². The summed E-state index contributed by atoms with van der Waals surface area (Å²) in [5.74, 6) is 0. The lowest BCUT2D eigenvalue weighted by molar-refractivity contribution is 0.0907. The fourth-order valence-corrected chi connectivity index (χ4v) is 2.37. The quantitative estimate of drug-likeness (QED) is 0.691. The number of hydrogen-bond donors (Lipinski definition) is 2. The molecule has 0 atom stereocenters. The van der Waals surface area contributed by atoms with E-state index in [4.69, 9.17) is 9.84 Å². The molecular weight excluding hydrogens is 352 g/mol. The zero-order chi connectivity index (χ0) is 12.5. The first-order valence-electron chi connectivity index (χ1n) is 5.43.